The number of fused-ring (bicyclic) bond motifs is 1. The third-order valence-corrected chi connectivity index (χ3v) is 15.9. The van der Waals surface area contributed by atoms with Crippen LogP contribution in [0.25, 0.3) is 0 Å². The van der Waals surface area contributed by atoms with Crippen LogP contribution in [0, 0.1) is 46.3 Å². The molecule has 2 N–H and O–H groups in total. The molecule has 9 nitrogen and oxygen atoms in total. The van der Waals surface area contributed by atoms with Gasteiger partial charge in [-0.3, -0.25) is 9.59 Å². The molecule has 0 aromatic heterocycles. The molecule has 8 bridgehead atoms. The summed E-state index contributed by atoms with van der Waals surface area (Å²) in [7, 11) is 0. The van der Waals surface area contributed by atoms with Crippen molar-refractivity contribution in [1.82, 2.24) is 0 Å². The van der Waals surface area contributed by atoms with Crippen molar-refractivity contribution in [2.75, 3.05) is 13.2 Å². The molecule has 2 aliphatic heterocycles. The number of hydrogen-bond acceptors (Lipinski definition) is 9. The molecule has 0 radical (unpaired) electrons. The van der Waals surface area contributed by atoms with Gasteiger partial charge in [-0.1, -0.05) is 65.3 Å². The van der Waals surface area contributed by atoms with Gasteiger partial charge in [0.1, 0.15) is 35.6 Å². The molecule has 2 saturated heterocycles. The molecule has 9 atom stereocenters. The Morgan fingerprint density at radius 2 is 1.09 bits per heavy atom. The first-order valence-corrected chi connectivity index (χ1v) is 21.7. The van der Waals surface area contributed by atoms with Gasteiger partial charge in [0, 0.05) is 6.42 Å². The number of carbonyl (C=O) groups excluding carboxylic acids is 2. The monoisotopic (exact) mass is 937 g/mol. The molecule has 0 aromatic rings. The molecule has 10 fully saturated rings. The van der Waals surface area contributed by atoms with Gasteiger partial charge in [-0.15, -0.1) is 0 Å². The smallest absolute Gasteiger partial charge is 0.404 e. The molecule has 8 aliphatic carbocycles. The fourth-order valence-corrected chi connectivity index (χ4v) is 12.0. The fourth-order valence-electron chi connectivity index (χ4n) is 12.0. The largest absolute Gasteiger partial charge is 0.458 e. The highest BCUT2D eigenvalue weighted by molar-refractivity contribution is 5.78. The van der Waals surface area contributed by atoms with Crippen LogP contribution < -0.4 is 0 Å². The van der Waals surface area contributed by atoms with Crippen molar-refractivity contribution in [2.24, 2.45) is 46.3 Å². The second-order valence-corrected chi connectivity index (χ2v) is 20.1. The van der Waals surface area contributed by atoms with Crippen molar-refractivity contribution in [3.05, 3.63) is 0 Å². The molecule has 0 aromatic carbocycles. The van der Waals surface area contributed by atoms with Crippen LogP contribution in [0.15, 0.2) is 0 Å². The molecule has 10 rings (SSSR count). The first-order valence-electron chi connectivity index (χ1n) is 21.7. The maximum Gasteiger partial charge on any atom is 0.404 e. The number of halogens is 6. The van der Waals surface area contributed by atoms with Gasteiger partial charge in [0.05, 0.1) is 24.9 Å². The normalized spacial score (nSPS) is 39.2. The zero-order valence-corrected chi connectivity index (χ0v) is 35.2. The lowest BCUT2D eigenvalue weighted by Crippen LogP contribution is -2.61. The first kappa shape index (κ1) is 62.3. The molecule has 64 heavy (non-hydrogen) atoms. The van der Waals surface area contributed by atoms with Crippen molar-refractivity contribution in [1.29, 1.82) is 0 Å². The third kappa shape index (κ3) is 11.8. The fraction of sp³-hybridized carbons (Fsp3) is 0.959. The lowest BCUT2D eigenvalue weighted by atomic mass is 9.50. The summed E-state index contributed by atoms with van der Waals surface area (Å²) < 4.78 is 107. The van der Waals surface area contributed by atoms with Crippen molar-refractivity contribution in [2.45, 2.75) is 243 Å². The number of aliphatic hydroxyl groups excluding tert-OH is 1. The summed E-state index contributed by atoms with van der Waals surface area (Å²) >= 11 is 0. The first-order chi connectivity index (χ1) is 26.8. The molecule has 2 heterocycles. The predicted molar refractivity (Wildman–Crippen MR) is 239 cm³/mol. The number of esters is 2. The maximum absolute atomic E-state index is 13.3. The number of rotatable bonds is 9. The molecular weight excluding hydrogens is 847 g/mol. The summed E-state index contributed by atoms with van der Waals surface area (Å²) in [6.45, 7) is 11.5. The Labute approximate surface area is 383 Å². The summed E-state index contributed by atoms with van der Waals surface area (Å²) in [5, 5.41) is 20.1. The van der Waals surface area contributed by atoms with E-state index in [1.165, 1.54) is 20.3 Å². The zero-order chi connectivity index (χ0) is 42.9. The van der Waals surface area contributed by atoms with Crippen LogP contribution >= 0.6 is 0 Å². The molecule has 382 valence electrons. The Morgan fingerprint density at radius 1 is 0.672 bits per heavy atom. The van der Waals surface area contributed by atoms with E-state index in [9.17, 15) is 46.1 Å². The Morgan fingerprint density at radius 3 is 1.50 bits per heavy atom. The van der Waals surface area contributed by atoms with E-state index in [-0.39, 0.29) is 112 Å². The number of ether oxygens (including phenoxy) is 5. The van der Waals surface area contributed by atoms with Crippen molar-refractivity contribution in [3.8, 4) is 0 Å². The molecule has 15 heteroatoms. The standard InChI is InChI=1S/C17H25F3O2.C16H23F3O3.C10H18O4.6CH4/c1-4-15(2,17(18,19)20)14(21)22-16(3)12-6-10-5-11(8-12)9-13(16)7-10;1-3-13(2,16(17,18)19)12(20)22-15-7-10-4-11(8-15)6-14(21,5-10)9-15;1-3-6(2)14-8-5-13-9-7(11)4-12-10(8)9;;;;;;/h10-13H,4-9H2,1-3H3;10-11,21H,3-9H2,1-2H3;6-11H,3-5H2,1-2H3;6*1H4. The van der Waals surface area contributed by atoms with Crippen molar-refractivity contribution in [3.63, 3.8) is 0 Å². The summed E-state index contributed by atoms with van der Waals surface area (Å²) in [6, 6.07) is 0. The lowest BCUT2D eigenvalue weighted by Gasteiger charge is -2.59. The maximum atomic E-state index is 13.3. The number of hydrogen-bond donors (Lipinski definition) is 2. The highest BCUT2D eigenvalue weighted by Crippen LogP contribution is 2.61. The Hall–Kier alpha value is -1.68. The van der Waals surface area contributed by atoms with E-state index in [4.69, 9.17) is 23.7 Å². The van der Waals surface area contributed by atoms with Crippen LogP contribution in [0.1, 0.15) is 183 Å². The topological polar surface area (TPSA) is 121 Å². The van der Waals surface area contributed by atoms with Gasteiger partial charge in [-0.2, -0.15) is 26.3 Å². The minimum absolute atomic E-state index is 0. The summed E-state index contributed by atoms with van der Waals surface area (Å²) in [5.74, 6) is 0.106. The summed E-state index contributed by atoms with van der Waals surface area (Å²) in [4.78, 5) is 24.7. The van der Waals surface area contributed by atoms with Gasteiger partial charge in [-0.25, -0.2) is 0 Å². The highest BCUT2D eigenvalue weighted by Gasteiger charge is 2.64. The van der Waals surface area contributed by atoms with E-state index >= 15 is 0 Å². The van der Waals surface area contributed by atoms with Crippen LogP contribution in [0.3, 0.4) is 0 Å². The second kappa shape index (κ2) is 22.2. The quantitative estimate of drug-likeness (QED) is 0.172. The highest BCUT2D eigenvalue weighted by atomic mass is 19.4. The van der Waals surface area contributed by atoms with E-state index in [2.05, 4.69) is 6.92 Å². The molecular formula is C49H90F6O9. The SMILES string of the molecule is C.C.C.C.C.C.CCC(C)(C(=O)OC1(C)C2CC3CC(C2)CC1C3)C(F)(F)F.CCC(C)(C(=O)OC12CC3CC(CC(O)(C3)C1)C2)C(F)(F)F.CCC(C)OC1COC2C(O)COC12. The average molecular weight is 937 g/mol. The Balaban J connectivity index is 0.000000909. The van der Waals surface area contributed by atoms with E-state index in [1.807, 2.05) is 13.8 Å². The van der Waals surface area contributed by atoms with Crippen LogP contribution in [0.5, 0.6) is 0 Å². The van der Waals surface area contributed by atoms with Crippen LogP contribution in [0.4, 0.5) is 26.3 Å². The van der Waals surface area contributed by atoms with Gasteiger partial charge in [0.2, 0.25) is 0 Å². The summed E-state index contributed by atoms with van der Waals surface area (Å²) in [5.41, 5.74) is -7.32. The lowest BCUT2D eigenvalue weighted by molar-refractivity contribution is -0.257. The van der Waals surface area contributed by atoms with Gasteiger partial charge in [-0.05, 0) is 147 Å². The van der Waals surface area contributed by atoms with E-state index < -0.39 is 58.0 Å². The Bertz CT molecular complexity index is 1450. The van der Waals surface area contributed by atoms with E-state index in [0.717, 1.165) is 52.4 Å². The van der Waals surface area contributed by atoms with Crippen LogP contribution in [-0.2, 0) is 33.3 Å². The number of carbonyl (C=O) groups is 2. The Kier molecular flexibility index (Phi) is 21.6. The van der Waals surface area contributed by atoms with Crippen LogP contribution in [0.2, 0.25) is 0 Å². The molecule has 8 saturated carbocycles. The van der Waals surface area contributed by atoms with Crippen LogP contribution in [-0.4, -0.2) is 95.0 Å². The van der Waals surface area contributed by atoms with Gasteiger partial charge >= 0.3 is 24.3 Å². The zero-order valence-electron chi connectivity index (χ0n) is 35.2. The second-order valence-electron chi connectivity index (χ2n) is 20.1. The van der Waals surface area contributed by atoms with E-state index in [0.29, 0.717) is 50.7 Å². The van der Waals surface area contributed by atoms with Gasteiger partial charge in [0.25, 0.3) is 0 Å². The minimum atomic E-state index is -4.63. The minimum Gasteiger partial charge on any atom is -0.458 e. The van der Waals surface area contributed by atoms with Crippen molar-refractivity contribution >= 4 is 11.9 Å². The molecule has 9 unspecified atom stereocenters. The predicted octanol–water partition coefficient (Wildman–Crippen LogP) is 12.5. The van der Waals surface area contributed by atoms with Crippen molar-refractivity contribution < 1.29 is 69.8 Å². The average Bonchev–Trinajstić information content (AvgIpc) is 3.69. The number of aliphatic hydroxyl groups is 2. The third-order valence-electron chi connectivity index (χ3n) is 15.9. The molecule has 10 aliphatic rings. The number of alkyl halides is 6. The van der Waals surface area contributed by atoms with Gasteiger partial charge in [0.15, 0.2) is 10.8 Å². The van der Waals surface area contributed by atoms with E-state index in [1.54, 1.807) is 0 Å². The summed E-state index contributed by atoms with van der Waals surface area (Å²) in [6.07, 6.45) is -0.234. The molecule has 0 amide bonds. The molecule has 0 spiro atoms. The van der Waals surface area contributed by atoms with Gasteiger partial charge < -0.3 is 33.9 Å².